The van der Waals surface area contributed by atoms with Crippen molar-refractivity contribution in [3.8, 4) is 0 Å². The highest BCUT2D eigenvalue weighted by atomic mass is 35.5. The van der Waals surface area contributed by atoms with Gasteiger partial charge in [0, 0.05) is 30.3 Å². The number of rotatable bonds is 7. The number of unbranched alkanes of at least 4 members (excludes halogenated alkanes) is 1. The lowest BCUT2D eigenvalue weighted by atomic mass is 10.1. The first-order valence-electron chi connectivity index (χ1n) is 6.39. The van der Waals surface area contributed by atoms with Gasteiger partial charge in [-0.05, 0) is 44.5 Å². The summed E-state index contributed by atoms with van der Waals surface area (Å²) >= 11 is 6.33. The zero-order valence-corrected chi connectivity index (χ0v) is 12.3. The molecule has 0 aliphatic rings. The van der Waals surface area contributed by atoms with Gasteiger partial charge in [-0.2, -0.15) is 0 Å². The van der Waals surface area contributed by atoms with Gasteiger partial charge in [-0.1, -0.05) is 23.7 Å². The molecule has 2 nitrogen and oxygen atoms in total. The van der Waals surface area contributed by atoms with E-state index < -0.39 is 0 Å². The fraction of sp³-hybridized carbons (Fsp3) is 0.467. The Bertz CT molecular complexity index is 390. The Morgan fingerprint density at radius 1 is 1.50 bits per heavy atom. The molecule has 1 aromatic rings. The van der Waals surface area contributed by atoms with Crippen LogP contribution in [0.5, 0.6) is 0 Å². The maximum absolute atomic E-state index is 6.33. The topological polar surface area (TPSA) is 15.3 Å². The molecule has 0 aliphatic carbocycles. The zero-order chi connectivity index (χ0) is 13.5. The van der Waals surface area contributed by atoms with Crippen molar-refractivity contribution in [2.45, 2.75) is 25.8 Å². The molecular formula is C15H23ClN2. The van der Waals surface area contributed by atoms with E-state index in [0.717, 1.165) is 35.7 Å². The number of hydrogen-bond acceptors (Lipinski definition) is 2. The van der Waals surface area contributed by atoms with Crippen molar-refractivity contribution < 1.29 is 0 Å². The van der Waals surface area contributed by atoms with E-state index in [1.807, 2.05) is 19.2 Å². The molecule has 0 heterocycles. The number of nitrogens with zero attached hydrogens (tertiary/aromatic N) is 1. The molecule has 0 spiro atoms. The van der Waals surface area contributed by atoms with Crippen LogP contribution in [0.15, 0.2) is 30.9 Å². The molecule has 18 heavy (non-hydrogen) atoms. The lowest BCUT2D eigenvalue weighted by Crippen LogP contribution is -2.19. The van der Waals surface area contributed by atoms with Crippen molar-refractivity contribution >= 4 is 17.3 Å². The molecule has 0 saturated heterocycles. The fourth-order valence-electron chi connectivity index (χ4n) is 1.86. The van der Waals surface area contributed by atoms with E-state index in [2.05, 4.69) is 42.9 Å². The number of benzene rings is 1. The van der Waals surface area contributed by atoms with Crippen molar-refractivity contribution in [2.24, 2.45) is 0 Å². The second-order valence-electron chi connectivity index (χ2n) is 4.57. The first-order valence-corrected chi connectivity index (χ1v) is 6.76. The molecule has 1 aromatic carbocycles. The maximum atomic E-state index is 6.33. The van der Waals surface area contributed by atoms with Crippen molar-refractivity contribution in [3.63, 3.8) is 0 Å². The third-order valence-electron chi connectivity index (χ3n) is 3.23. The first kappa shape index (κ1) is 15.1. The summed E-state index contributed by atoms with van der Waals surface area (Å²) in [6, 6.07) is 6.54. The molecule has 1 unspecified atom stereocenters. The van der Waals surface area contributed by atoms with Gasteiger partial charge in [0.1, 0.15) is 0 Å². The molecule has 0 aliphatic heterocycles. The number of allylic oxidation sites excluding steroid dienone is 1. The minimum Gasteiger partial charge on any atom is -0.375 e. The SMILES string of the molecule is C=CCCCN(C)c1ccc(C(C)NC)c(Cl)c1. The molecule has 1 N–H and O–H groups in total. The average molecular weight is 267 g/mol. The van der Waals surface area contributed by atoms with E-state index >= 15 is 0 Å². The van der Waals surface area contributed by atoms with Crippen molar-refractivity contribution in [2.75, 3.05) is 25.5 Å². The Morgan fingerprint density at radius 2 is 2.22 bits per heavy atom. The molecule has 0 amide bonds. The van der Waals surface area contributed by atoms with Gasteiger partial charge in [-0.3, -0.25) is 0 Å². The summed E-state index contributed by atoms with van der Waals surface area (Å²) in [4.78, 5) is 2.23. The molecule has 3 heteroatoms. The van der Waals surface area contributed by atoms with Gasteiger partial charge in [0.05, 0.1) is 0 Å². The van der Waals surface area contributed by atoms with E-state index in [0.29, 0.717) is 0 Å². The van der Waals surface area contributed by atoms with Gasteiger partial charge in [-0.15, -0.1) is 6.58 Å². The van der Waals surface area contributed by atoms with Crippen LogP contribution >= 0.6 is 11.6 Å². The minimum absolute atomic E-state index is 0.276. The Labute approximate surface area is 116 Å². The van der Waals surface area contributed by atoms with Gasteiger partial charge in [0.15, 0.2) is 0 Å². The van der Waals surface area contributed by atoms with E-state index in [4.69, 9.17) is 11.6 Å². The third-order valence-corrected chi connectivity index (χ3v) is 3.55. The van der Waals surface area contributed by atoms with E-state index in [1.165, 1.54) is 0 Å². The maximum Gasteiger partial charge on any atom is 0.0474 e. The predicted octanol–water partition coefficient (Wildman–Crippen LogP) is 4.02. The molecule has 0 saturated carbocycles. The summed E-state index contributed by atoms with van der Waals surface area (Å²) < 4.78 is 0. The number of nitrogens with one attached hydrogen (secondary N) is 1. The molecular weight excluding hydrogens is 244 g/mol. The second kappa shape index (κ2) is 7.45. The van der Waals surface area contributed by atoms with Crippen LogP contribution in [0.1, 0.15) is 31.4 Å². The van der Waals surface area contributed by atoms with Crippen LogP contribution in [0.25, 0.3) is 0 Å². The molecule has 0 bridgehead atoms. The molecule has 1 atom stereocenters. The van der Waals surface area contributed by atoms with Crippen LogP contribution in [-0.2, 0) is 0 Å². The summed E-state index contributed by atoms with van der Waals surface area (Å²) in [6.45, 7) is 6.86. The molecule has 1 rings (SSSR count). The van der Waals surface area contributed by atoms with Gasteiger partial charge in [-0.25, -0.2) is 0 Å². The number of hydrogen-bond donors (Lipinski definition) is 1. The monoisotopic (exact) mass is 266 g/mol. The quantitative estimate of drug-likeness (QED) is 0.592. The second-order valence-corrected chi connectivity index (χ2v) is 4.98. The van der Waals surface area contributed by atoms with E-state index in [1.54, 1.807) is 0 Å². The van der Waals surface area contributed by atoms with E-state index in [9.17, 15) is 0 Å². The summed E-state index contributed by atoms with van der Waals surface area (Å²) in [7, 11) is 4.03. The fourth-order valence-corrected chi connectivity index (χ4v) is 2.20. The van der Waals surface area contributed by atoms with Crippen LogP contribution in [0.2, 0.25) is 5.02 Å². The highest BCUT2D eigenvalue weighted by molar-refractivity contribution is 6.31. The number of halogens is 1. The van der Waals surface area contributed by atoms with Crippen LogP contribution in [-0.4, -0.2) is 20.6 Å². The van der Waals surface area contributed by atoms with Gasteiger partial charge in [0.25, 0.3) is 0 Å². The van der Waals surface area contributed by atoms with Crippen LogP contribution in [0.3, 0.4) is 0 Å². The smallest absolute Gasteiger partial charge is 0.0474 e. The van der Waals surface area contributed by atoms with Crippen LogP contribution < -0.4 is 10.2 Å². The van der Waals surface area contributed by atoms with Crippen LogP contribution in [0.4, 0.5) is 5.69 Å². The van der Waals surface area contributed by atoms with Gasteiger partial charge < -0.3 is 10.2 Å². The average Bonchev–Trinajstić information content (AvgIpc) is 2.38. The van der Waals surface area contributed by atoms with Crippen molar-refractivity contribution in [1.29, 1.82) is 0 Å². The molecule has 0 fully saturated rings. The Balaban J connectivity index is 2.73. The zero-order valence-electron chi connectivity index (χ0n) is 11.5. The van der Waals surface area contributed by atoms with Crippen LogP contribution in [0, 0.1) is 0 Å². The largest absolute Gasteiger partial charge is 0.375 e. The first-order chi connectivity index (χ1) is 8.60. The van der Waals surface area contributed by atoms with Crippen molar-refractivity contribution in [3.05, 3.63) is 41.4 Å². The van der Waals surface area contributed by atoms with Gasteiger partial charge in [0.2, 0.25) is 0 Å². The minimum atomic E-state index is 0.276. The highest BCUT2D eigenvalue weighted by Crippen LogP contribution is 2.27. The Hall–Kier alpha value is -0.990. The summed E-state index contributed by atoms with van der Waals surface area (Å²) in [6.07, 6.45) is 4.12. The van der Waals surface area contributed by atoms with E-state index in [-0.39, 0.29) is 6.04 Å². The lowest BCUT2D eigenvalue weighted by molar-refractivity contribution is 0.652. The molecule has 0 radical (unpaired) electrons. The predicted molar refractivity (Wildman–Crippen MR) is 81.6 cm³/mol. The Kier molecular flexibility index (Phi) is 6.23. The highest BCUT2D eigenvalue weighted by Gasteiger charge is 2.09. The molecule has 100 valence electrons. The standard InChI is InChI=1S/C15H23ClN2/c1-5-6-7-10-18(4)13-8-9-14(12(2)17-3)15(16)11-13/h5,8-9,11-12,17H,1,6-7,10H2,2-4H3. The summed E-state index contributed by atoms with van der Waals surface area (Å²) in [5.41, 5.74) is 2.30. The molecule has 0 aromatic heterocycles. The van der Waals surface area contributed by atoms with Crippen molar-refractivity contribution in [1.82, 2.24) is 5.32 Å². The number of anilines is 1. The van der Waals surface area contributed by atoms with Gasteiger partial charge >= 0.3 is 0 Å². The normalized spacial score (nSPS) is 12.2. The summed E-state index contributed by atoms with van der Waals surface area (Å²) in [5.74, 6) is 0. The Morgan fingerprint density at radius 3 is 2.78 bits per heavy atom. The third kappa shape index (κ3) is 4.04. The summed E-state index contributed by atoms with van der Waals surface area (Å²) in [5, 5.41) is 4.03. The lowest BCUT2D eigenvalue weighted by Gasteiger charge is -2.21.